The molecule has 54 heavy (non-hydrogen) atoms. The van der Waals surface area contributed by atoms with Gasteiger partial charge in [-0.15, -0.1) is 0 Å². The van der Waals surface area contributed by atoms with Gasteiger partial charge in [0.1, 0.15) is 0 Å². The molecular weight excluding hydrogens is 842 g/mol. The van der Waals surface area contributed by atoms with Crippen LogP contribution < -0.4 is 31.8 Å². The Hall–Kier alpha value is -3.43. The zero-order chi connectivity index (χ0) is 38.8. The summed E-state index contributed by atoms with van der Waals surface area (Å²) >= 11 is 0. The summed E-state index contributed by atoms with van der Waals surface area (Å²) in [6.45, 7) is 15.1. The van der Waals surface area contributed by atoms with Crippen molar-refractivity contribution in [1.29, 1.82) is 0 Å². The maximum atomic E-state index is 14.5. The maximum Gasteiger partial charge on any atom is 0.171 e. The van der Waals surface area contributed by atoms with Crippen molar-refractivity contribution in [3.05, 3.63) is 191 Å². The van der Waals surface area contributed by atoms with Crippen molar-refractivity contribution in [3.8, 4) is 0 Å². The van der Waals surface area contributed by atoms with Crippen LogP contribution in [0.1, 0.15) is 47.2 Å². The van der Waals surface area contributed by atoms with E-state index in [0.29, 0.717) is 0 Å². The van der Waals surface area contributed by atoms with Crippen molar-refractivity contribution in [1.82, 2.24) is 0 Å². The minimum absolute atomic E-state index is 0. The maximum absolute atomic E-state index is 14.5. The van der Waals surface area contributed by atoms with Crippen LogP contribution in [0.2, 0.25) is 0 Å². The smallest absolute Gasteiger partial charge is 0.171 e. The molecule has 0 saturated heterocycles. The van der Waals surface area contributed by atoms with E-state index in [1.54, 1.807) is 0 Å². The number of aliphatic hydroxyl groups is 1. The van der Waals surface area contributed by atoms with Crippen LogP contribution in [0, 0.1) is 90.9 Å². The second kappa shape index (κ2) is 20.5. The van der Waals surface area contributed by atoms with Crippen molar-refractivity contribution in [2.75, 3.05) is 0 Å². The number of benzene rings is 6. The van der Waals surface area contributed by atoms with Crippen LogP contribution in [0.5, 0.6) is 0 Å². The Labute approximate surface area is 363 Å². The molecular formula is C47H50EuO4P2. The van der Waals surface area contributed by atoms with Gasteiger partial charge in [0.2, 0.25) is 0 Å². The second-order valence-electron chi connectivity index (χ2n) is 13.3. The van der Waals surface area contributed by atoms with Crippen LogP contribution in [0.4, 0.5) is 0 Å². The first kappa shape index (κ1) is 45.0. The predicted molar refractivity (Wildman–Crippen MR) is 227 cm³/mol. The number of ketones is 1. The molecule has 279 valence electrons. The van der Waals surface area contributed by atoms with E-state index in [-0.39, 0.29) is 60.9 Å². The van der Waals surface area contributed by atoms with E-state index in [9.17, 15) is 13.9 Å². The molecule has 0 amide bonds. The molecule has 1 radical (unpaired) electrons. The summed E-state index contributed by atoms with van der Waals surface area (Å²) in [4.78, 5) is 10.0. The van der Waals surface area contributed by atoms with Gasteiger partial charge < -0.3 is 14.2 Å². The Kier molecular flexibility index (Phi) is 17.1. The van der Waals surface area contributed by atoms with Crippen molar-refractivity contribution >= 4 is 51.9 Å². The van der Waals surface area contributed by atoms with Crippen molar-refractivity contribution in [2.45, 2.75) is 55.4 Å². The van der Waals surface area contributed by atoms with Crippen LogP contribution in [0.3, 0.4) is 0 Å². The summed E-state index contributed by atoms with van der Waals surface area (Å²) in [5.74, 6) is -0.0625. The van der Waals surface area contributed by atoms with Gasteiger partial charge >= 0.3 is 0 Å². The molecule has 0 fully saturated rings. The Morgan fingerprint density at radius 3 is 0.685 bits per heavy atom. The number of hydrogen-bond donors (Lipinski definition) is 1. The summed E-state index contributed by atoms with van der Waals surface area (Å²) in [6, 6.07) is 48.2. The second-order valence-corrected chi connectivity index (χ2v) is 18.7. The Morgan fingerprint density at radius 2 is 0.574 bits per heavy atom. The standard InChI is InChI=1S/2C21H21OP.C5H8O2.Eu/c2*1-16-10-4-7-13-19(16)23(22,20-14-8-5-11-17(20)2)21-15-9-6-12-18(21)3;1-4(6)3-5(2)7;/h2*4-15H,1-3H3;3,6H,1-2H3;. The average molecular weight is 893 g/mol. The molecule has 1 N–H and O–H groups in total. The van der Waals surface area contributed by atoms with E-state index < -0.39 is 14.3 Å². The number of aliphatic hydroxyl groups excluding tert-OH is 1. The van der Waals surface area contributed by atoms with E-state index in [1.165, 1.54) is 19.9 Å². The molecule has 0 aliphatic rings. The zero-order valence-electron chi connectivity index (χ0n) is 32.4. The quantitative estimate of drug-likeness (QED) is 0.0986. The molecule has 4 nitrogen and oxygen atoms in total. The molecule has 6 aromatic rings. The van der Waals surface area contributed by atoms with Gasteiger partial charge in [-0.25, -0.2) is 0 Å². The normalized spacial score (nSPS) is 11.2. The molecule has 6 rings (SSSR count). The summed E-state index contributed by atoms with van der Waals surface area (Å²) in [5.41, 5.74) is 6.43. The molecule has 0 bridgehead atoms. The van der Waals surface area contributed by atoms with Gasteiger partial charge in [-0.3, -0.25) is 4.79 Å². The van der Waals surface area contributed by atoms with Crippen LogP contribution in [-0.4, -0.2) is 10.9 Å². The molecule has 0 saturated carbocycles. The van der Waals surface area contributed by atoms with Gasteiger partial charge in [0.15, 0.2) is 20.1 Å². The third kappa shape index (κ3) is 10.4. The van der Waals surface area contributed by atoms with Gasteiger partial charge in [0.25, 0.3) is 0 Å². The van der Waals surface area contributed by atoms with Gasteiger partial charge in [0, 0.05) is 87.3 Å². The third-order valence-corrected chi connectivity index (χ3v) is 16.2. The van der Waals surface area contributed by atoms with Crippen molar-refractivity contribution in [2.24, 2.45) is 0 Å². The largest absolute Gasteiger partial charge is 0.512 e. The molecule has 7 heteroatoms. The molecule has 0 unspecified atom stereocenters. The van der Waals surface area contributed by atoms with Crippen LogP contribution in [0.15, 0.2) is 157 Å². The molecule has 0 aromatic heterocycles. The fourth-order valence-electron chi connectivity index (χ4n) is 6.57. The zero-order valence-corrected chi connectivity index (χ0v) is 36.6. The first-order valence-electron chi connectivity index (χ1n) is 17.7. The number of allylic oxidation sites excluding steroid dienone is 2. The summed E-state index contributed by atoms with van der Waals surface area (Å²) in [6.07, 6.45) is 1.17. The van der Waals surface area contributed by atoms with E-state index in [4.69, 9.17) is 5.11 Å². The van der Waals surface area contributed by atoms with Crippen LogP contribution in [0.25, 0.3) is 0 Å². The third-order valence-electron chi connectivity index (χ3n) is 9.14. The number of hydrogen-bond acceptors (Lipinski definition) is 4. The predicted octanol–water partition coefficient (Wildman–Crippen LogP) is 9.54. The first-order chi connectivity index (χ1) is 25.2. The topological polar surface area (TPSA) is 71.4 Å². The Balaban J connectivity index is 0.000000244. The fraction of sp³-hybridized carbons (Fsp3) is 0.170. The molecule has 0 aliphatic heterocycles. The SMILES string of the molecule is CC(=O)C=C(C)O.Cc1ccccc1P(=O)(c1ccccc1C)c1ccccc1C.Cc1ccccc1P(=O)(c1ccccc1C)c1ccccc1C.[Eu]. The van der Waals surface area contributed by atoms with Gasteiger partial charge in [-0.05, 0) is 88.8 Å². The first-order valence-corrected chi connectivity index (χ1v) is 21.1. The number of rotatable bonds is 7. The minimum Gasteiger partial charge on any atom is -0.512 e. The van der Waals surface area contributed by atoms with Gasteiger partial charge in [-0.1, -0.05) is 146 Å². The summed E-state index contributed by atoms with van der Waals surface area (Å²) in [5, 5.41) is 14.0. The monoisotopic (exact) mass is 893 g/mol. The Bertz CT molecular complexity index is 1950. The number of carbonyl (C=O) groups excluding carboxylic acids is 1. The summed E-state index contributed by atoms with van der Waals surface area (Å²) in [7, 11) is -5.78. The van der Waals surface area contributed by atoms with Crippen molar-refractivity contribution < 1.29 is 68.4 Å². The average Bonchev–Trinajstić information content (AvgIpc) is 3.12. The molecule has 0 heterocycles. The van der Waals surface area contributed by atoms with Gasteiger partial charge in [-0.2, -0.15) is 0 Å². The fourth-order valence-corrected chi connectivity index (χ4v) is 13.3. The minimum atomic E-state index is -2.89. The van der Waals surface area contributed by atoms with Crippen molar-refractivity contribution in [3.63, 3.8) is 0 Å². The van der Waals surface area contributed by atoms with E-state index >= 15 is 0 Å². The van der Waals surface area contributed by atoms with E-state index in [0.717, 1.165) is 65.2 Å². The molecule has 0 spiro atoms. The van der Waals surface area contributed by atoms with E-state index in [2.05, 4.69) is 0 Å². The van der Waals surface area contributed by atoms with Gasteiger partial charge in [0.05, 0.1) is 5.76 Å². The molecule has 0 atom stereocenters. The molecule has 6 aromatic carbocycles. The van der Waals surface area contributed by atoms with Crippen LogP contribution >= 0.6 is 14.3 Å². The number of aryl methyl sites for hydroxylation is 6. The van der Waals surface area contributed by atoms with Crippen LogP contribution in [-0.2, 0) is 13.9 Å². The molecule has 0 aliphatic carbocycles. The summed E-state index contributed by atoms with van der Waals surface area (Å²) < 4.78 is 29.0. The number of carbonyl (C=O) groups is 1. The Morgan fingerprint density at radius 1 is 0.407 bits per heavy atom. The van der Waals surface area contributed by atoms with E-state index in [1.807, 2.05) is 187 Å².